The SMILES string of the molecule is CCCn1c(N)c(NC(C)CC(F)(F)F)c(=O)[nH]c1=O. The van der Waals surface area contributed by atoms with Crippen molar-refractivity contribution in [2.75, 3.05) is 11.1 Å². The Labute approximate surface area is 112 Å². The van der Waals surface area contributed by atoms with Gasteiger partial charge in [0, 0.05) is 12.6 Å². The molecule has 0 aliphatic carbocycles. The molecule has 1 aromatic heterocycles. The molecule has 20 heavy (non-hydrogen) atoms. The first-order chi connectivity index (χ1) is 9.15. The molecule has 0 fully saturated rings. The fourth-order valence-electron chi connectivity index (χ4n) is 1.82. The van der Waals surface area contributed by atoms with Crippen LogP contribution in [-0.2, 0) is 6.54 Å². The number of hydrogen-bond donors (Lipinski definition) is 3. The minimum atomic E-state index is -4.36. The highest BCUT2D eigenvalue weighted by Gasteiger charge is 2.30. The highest BCUT2D eigenvalue weighted by Crippen LogP contribution is 2.23. The van der Waals surface area contributed by atoms with Crippen LogP contribution in [0.15, 0.2) is 9.59 Å². The number of hydrogen-bond acceptors (Lipinski definition) is 4. The molecule has 6 nitrogen and oxygen atoms in total. The lowest BCUT2D eigenvalue weighted by Crippen LogP contribution is -2.36. The number of rotatable bonds is 5. The molecule has 1 heterocycles. The van der Waals surface area contributed by atoms with Gasteiger partial charge in [-0.3, -0.25) is 14.3 Å². The van der Waals surface area contributed by atoms with E-state index in [-0.39, 0.29) is 18.1 Å². The number of aromatic nitrogens is 2. The molecule has 1 atom stereocenters. The molecular weight excluding hydrogens is 277 g/mol. The zero-order chi connectivity index (χ0) is 15.5. The molecule has 0 amide bonds. The average molecular weight is 294 g/mol. The third-order valence-electron chi connectivity index (χ3n) is 2.62. The Morgan fingerprint density at radius 2 is 2.00 bits per heavy atom. The first-order valence-electron chi connectivity index (χ1n) is 6.11. The highest BCUT2D eigenvalue weighted by molar-refractivity contribution is 5.60. The fraction of sp³-hybridized carbons (Fsp3) is 0.636. The van der Waals surface area contributed by atoms with Crippen LogP contribution in [0, 0.1) is 0 Å². The largest absolute Gasteiger partial charge is 0.391 e. The molecule has 0 aromatic carbocycles. The maximum atomic E-state index is 12.3. The molecule has 0 saturated heterocycles. The minimum absolute atomic E-state index is 0.158. The van der Waals surface area contributed by atoms with Crippen LogP contribution in [0.2, 0.25) is 0 Å². The van der Waals surface area contributed by atoms with Crippen LogP contribution in [0.4, 0.5) is 24.7 Å². The van der Waals surface area contributed by atoms with Gasteiger partial charge in [0.2, 0.25) is 0 Å². The Bertz CT molecular complexity index is 577. The normalized spacial score (nSPS) is 13.2. The lowest BCUT2D eigenvalue weighted by Gasteiger charge is -2.19. The van der Waals surface area contributed by atoms with Crippen molar-refractivity contribution in [2.24, 2.45) is 0 Å². The number of anilines is 2. The second-order valence-corrected chi connectivity index (χ2v) is 4.54. The molecule has 0 radical (unpaired) electrons. The summed E-state index contributed by atoms with van der Waals surface area (Å²) in [6, 6.07) is -1.04. The van der Waals surface area contributed by atoms with E-state index in [2.05, 4.69) is 5.32 Å². The van der Waals surface area contributed by atoms with Gasteiger partial charge in [0.1, 0.15) is 11.5 Å². The van der Waals surface area contributed by atoms with Gasteiger partial charge >= 0.3 is 11.9 Å². The standard InChI is InChI=1S/C11H17F3N4O2/c1-3-4-18-8(15)7(9(19)17-10(18)20)16-6(2)5-11(12,13)14/h6,16H,3-5,15H2,1-2H3,(H,17,19,20). The number of nitrogens with one attached hydrogen (secondary N) is 2. The van der Waals surface area contributed by atoms with Crippen LogP contribution >= 0.6 is 0 Å². The first kappa shape index (κ1) is 16.1. The predicted octanol–water partition coefficient (Wildman–Crippen LogP) is 1.28. The van der Waals surface area contributed by atoms with E-state index in [0.29, 0.717) is 6.42 Å². The molecule has 0 spiro atoms. The molecule has 0 aliphatic heterocycles. The van der Waals surface area contributed by atoms with E-state index < -0.39 is 29.9 Å². The topological polar surface area (TPSA) is 92.9 Å². The van der Waals surface area contributed by atoms with E-state index in [4.69, 9.17) is 5.73 Å². The smallest absolute Gasteiger partial charge is 0.383 e. The lowest BCUT2D eigenvalue weighted by atomic mass is 10.2. The van der Waals surface area contributed by atoms with Crippen molar-refractivity contribution in [1.82, 2.24) is 9.55 Å². The average Bonchev–Trinajstić information content (AvgIpc) is 2.27. The van der Waals surface area contributed by atoms with Crippen LogP contribution in [0.25, 0.3) is 0 Å². The summed E-state index contributed by atoms with van der Waals surface area (Å²) in [6.07, 6.45) is -4.88. The molecule has 4 N–H and O–H groups in total. The maximum absolute atomic E-state index is 12.3. The van der Waals surface area contributed by atoms with Crippen LogP contribution in [0.5, 0.6) is 0 Å². The van der Waals surface area contributed by atoms with Crippen molar-refractivity contribution in [2.45, 2.75) is 45.5 Å². The molecule has 1 rings (SSSR count). The molecule has 0 bridgehead atoms. The monoisotopic (exact) mass is 294 g/mol. The van der Waals surface area contributed by atoms with Gasteiger partial charge in [-0.15, -0.1) is 0 Å². The van der Waals surface area contributed by atoms with E-state index in [1.165, 1.54) is 6.92 Å². The number of H-pyrrole nitrogens is 1. The van der Waals surface area contributed by atoms with Crippen LogP contribution < -0.4 is 22.3 Å². The highest BCUT2D eigenvalue weighted by atomic mass is 19.4. The molecular formula is C11H17F3N4O2. The van der Waals surface area contributed by atoms with Crippen LogP contribution in [0.1, 0.15) is 26.7 Å². The molecule has 0 saturated carbocycles. The van der Waals surface area contributed by atoms with Gasteiger partial charge in [-0.1, -0.05) is 6.92 Å². The molecule has 1 unspecified atom stereocenters. The number of aromatic amines is 1. The number of nitrogens with zero attached hydrogens (tertiary/aromatic N) is 1. The maximum Gasteiger partial charge on any atom is 0.391 e. The van der Waals surface area contributed by atoms with E-state index in [9.17, 15) is 22.8 Å². The van der Waals surface area contributed by atoms with Gasteiger partial charge in [-0.2, -0.15) is 13.2 Å². The number of nitrogen functional groups attached to an aromatic ring is 1. The van der Waals surface area contributed by atoms with E-state index in [0.717, 1.165) is 4.57 Å². The quantitative estimate of drug-likeness (QED) is 0.762. The van der Waals surface area contributed by atoms with E-state index >= 15 is 0 Å². The minimum Gasteiger partial charge on any atom is -0.383 e. The van der Waals surface area contributed by atoms with Crippen molar-refractivity contribution in [3.8, 4) is 0 Å². The summed E-state index contributed by atoms with van der Waals surface area (Å²) >= 11 is 0. The first-order valence-corrected chi connectivity index (χ1v) is 6.11. The van der Waals surface area contributed by atoms with Gasteiger partial charge in [0.25, 0.3) is 5.56 Å². The number of nitrogens with two attached hydrogens (primary N) is 1. The zero-order valence-corrected chi connectivity index (χ0v) is 11.2. The third kappa shape index (κ3) is 4.04. The van der Waals surface area contributed by atoms with Crippen LogP contribution in [-0.4, -0.2) is 21.8 Å². The Hall–Kier alpha value is -1.93. The predicted molar refractivity (Wildman–Crippen MR) is 69.8 cm³/mol. The van der Waals surface area contributed by atoms with Crippen molar-refractivity contribution in [3.63, 3.8) is 0 Å². The second kappa shape index (κ2) is 6.02. The third-order valence-corrected chi connectivity index (χ3v) is 2.62. The van der Waals surface area contributed by atoms with E-state index in [1.807, 2.05) is 4.98 Å². The van der Waals surface area contributed by atoms with Gasteiger partial charge in [0.15, 0.2) is 0 Å². The summed E-state index contributed by atoms with van der Waals surface area (Å²) in [4.78, 5) is 25.2. The Kier molecular flexibility index (Phi) is 4.85. The van der Waals surface area contributed by atoms with E-state index in [1.54, 1.807) is 6.92 Å². The fourth-order valence-corrected chi connectivity index (χ4v) is 1.82. The van der Waals surface area contributed by atoms with Crippen molar-refractivity contribution >= 4 is 11.5 Å². The van der Waals surface area contributed by atoms with Crippen molar-refractivity contribution in [3.05, 3.63) is 20.8 Å². The van der Waals surface area contributed by atoms with Gasteiger partial charge in [0.05, 0.1) is 6.42 Å². The van der Waals surface area contributed by atoms with Gasteiger partial charge < -0.3 is 11.1 Å². The second-order valence-electron chi connectivity index (χ2n) is 4.54. The summed E-state index contributed by atoms with van der Waals surface area (Å²) in [5.74, 6) is -0.158. The zero-order valence-electron chi connectivity index (χ0n) is 11.2. The molecule has 114 valence electrons. The van der Waals surface area contributed by atoms with Gasteiger partial charge in [-0.05, 0) is 13.3 Å². The van der Waals surface area contributed by atoms with Crippen LogP contribution in [0.3, 0.4) is 0 Å². The Morgan fingerprint density at radius 1 is 1.40 bits per heavy atom. The van der Waals surface area contributed by atoms with Crippen molar-refractivity contribution in [1.29, 1.82) is 0 Å². The summed E-state index contributed by atoms with van der Waals surface area (Å²) in [6.45, 7) is 3.35. The summed E-state index contributed by atoms with van der Waals surface area (Å²) in [7, 11) is 0. The summed E-state index contributed by atoms with van der Waals surface area (Å²) in [5, 5.41) is 2.41. The number of alkyl halides is 3. The Balaban J connectivity index is 3.10. The lowest BCUT2D eigenvalue weighted by molar-refractivity contribution is -0.136. The van der Waals surface area contributed by atoms with Gasteiger partial charge in [-0.25, -0.2) is 4.79 Å². The molecule has 1 aromatic rings. The summed E-state index contributed by atoms with van der Waals surface area (Å²) in [5.41, 5.74) is 3.97. The molecule has 9 heteroatoms. The Morgan fingerprint density at radius 3 is 2.50 bits per heavy atom. The van der Waals surface area contributed by atoms with Crippen molar-refractivity contribution < 1.29 is 13.2 Å². The molecule has 0 aliphatic rings. The summed E-state index contributed by atoms with van der Waals surface area (Å²) < 4.78 is 37.9. The number of halogens is 3.